The molecule has 3 aromatic rings. The number of anilines is 1. The van der Waals surface area contributed by atoms with Crippen LogP contribution in [0.2, 0.25) is 0 Å². The number of nitrogens with one attached hydrogen (secondary N) is 2. The van der Waals surface area contributed by atoms with E-state index >= 15 is 0 Å². The lowest BCUT2D eigenvalue weighted by Gasteiger charge is -2.20. The molecule has 2 N–H and O–H groups in total. The number of aromatic amines is 1. The molecule has 4 rings (SSSR count). The van der Waals surface area contributed by atoms with Crippen LogP contribution in [-0.4, -0.2) is 38.9 Å². The summed E-state index contributed by atoms with van der Waals surface area (Å²) < 4.78 is 34.3. The quantitative estimate of drug-likeness (QED) is 0.687. The van der Waals surface area contributed by atoms with Crippen LogP contribution < -0.4 is 5.32 Å². The number of hydrogen-bond acceptors (Lipinski definition) is 5. The predicted octanol–water partition coefficient (Wildman–Crippen LogP) is 3.80. The number of alkyl halides is 2. The Bertz CT molecular complexity index is 912. The van der Waals surface area contributed by atoms with Crippen LogP contribution in [0.1, 0.15) is 30.4 Å². The van der Waals surface area contributed by atoms with Crippen LogP contribution >= 0.6 is 0 Å². The second-order valence-corrected chi connectivity index (χ2v) is 7.01. The van der Waals surface area contributed by atoms with Gasteiger partial charge in [0.2, 0.25) is 0 Å². The average Bonchev–Trinajstić information content (AvgIpc) is 3.30. The van der Waals surface area contributed by atoms with Gasteiger partial charge in [-0.3, -0.25) is 5.10 Å². The maximum absolute atomic E-state index is 14.4. The molecule has 1 saturated carbocycles. The van der Waals surface area contributed by atoms with Crippen LogP contribution in [0.25, 0.3) is 11.0 Å². The highest BCUT2D eigenvalue weighted by Gasteiger charge is 2.35. The lowest BCUT2D eigenvalue weighted by atomic mass is 10.1. The minimum Gasteiger partial charge on any atom is -0.371 e. The first-order valence-electron chi connectivity index (χ1n) is 8.98. The molecule has 2 aromatic heterocycles. The fourth-order valence-corrected chi connectivity index (χ4v) is 3.40. The third-order valence-electron chi connectivity index (χ3n) is 4.95. The van der Waals surface area contributed by atoms with Crippen LogP contribution in [0.3, 0.4) is 0 Å². The van der Waals surface area contributed by atoms with Crippen LogP contribution in [0.4, 0.5) is 14.6 Å². The maximum atomic E-state index is 14.4. The van der Waals surface area contributed by atoms with Gasteiger partial charge in [0.05, 0.1) is 17.7 Å². The van der Waals surface area contributed by atoms with E-state index in [1.807, 2.05) is 6.92 Å². The number of aryl methyl sites for hydroxylation is 1. The molecule has 1 aromatic carbocycles. The first-order valence-corrected chi connectivity index (χ1v) is 8.98. The van der Waals surface area contributed by atoms with Gasteiger partial charge in [-0.1, -0.05) is 29.8 Å². The number of fused-ring (bicyclic) bond motifs is 1. The van der Waals surface area contributed by atoms with Gasteiger partial charge >= 0.3 is 0 Å². The Morgan fingerprint density at radius 2 is 2.04 bits per heavy atom. The lowest BCUT2D eigenvalue weighted by molar-refractivity contribution is -0.103. The Morgan fingerprint density at radius 3 is 2.85 bits per heavy atom. The van der Waals surface area contributed by atoms with Crippen LogP contribution in [0.5, 0.6) is 0 Å². The first-order chi connectivity index (χ1) is 13.0. The zero-order valence-corrected chi connectivity index (χ0v) is 15.0. The smallest absolute Gasteiger partial charge is 0.296 e. The van der Waals surface area contributed by atoms with Crippen molar-refractivity contribution in [3.8, 4) is 0 Å². The van der Waals surface area contributed by atoms with E-state index < -0.39 is 12.5 Å². The largest absolute Gasteiger partial charge is 0.371 e. The molecular weight excluding hydrogens is 352 g/mol. The zero-order chi connectivity index (χ0) is 18.9. The monoisotopic (exact) mass is 373 g/mol. The minimum absolute atomic E-state index is 0.0101. The zero-order valence-electron chi connectivity index (χ0n) is 15.0. The van der Waals surface area contributed by atoms with Gasteiger partial charge in [-0.2, -0.15) is 13.9 Å². The highest BCUT2D eigenvalue weighted by molar-refractivity contribution is 5.85. The van der Waals surface area contributed by atoms with Crippen LogP contribution in [0.15, 0.2) is 36.8 Å². The van der Waals surface area contributed by atoms with Crippen LogP contribution in [0, 0.1) is 6.92 Å². The van der Waals surface area contributed by atoms with Crippen molar-refractivity contribution in [1.82, 2.24) is 20.2 Å². The molecule has 8 heteroatoms. The fraction of sp³-hybridized carbons (Fsp3) is 0.421. The van der Waals surface area contributed by atoms with Gasteiger partial charge in [-0.15, -0.1) is 0 Å². The third-order valence-corrected chi connectivity index (χ3v) is 4.95. The summed E-state index contributed by atoms with van der Waals surface area (Å²) >= 11 is 0. The molecule has 142 valence electrons. The molecule has 0 radical (unpaired) electrons. The second kappa shape index (κ2) is 7.19. The summed E-state index contributed by atoms with van der Waals surface area (Å²) in [6.07, 6.45) is 5.18. The van der Waals surface area contributed by atoms with Gasteiger partial charge in [0, 0.05) is 11.6 Å². The summed E-state index contributed by atoms with van der Waals surface area (Å²) in [5, 5.41) is 10.9. The second-order valence-electron chi connectivity index (χ2n) is 7.01. The first kappa shape index (κ1) is 17.8. The summed E-state index contributed by atoms with van der Waals surface area (Å²) in [5.41, 5.74) is 1.61. The van der Waals surface area contributed by atoms with Crippen molar-refractivity contribution in [1.29, 1.82) is 0 Å². The van der Waals surface area contributed by atoms with Gasteiger partial charge < -0.3 is 10.1 Å². The molecule has 0 amide bonds. The van der Waals surface area contributed by atoms with Gasteiger partial charge in [0.1, 0.15) is 18.8 Å². The number of rotatable bonds is 6. The van der Waals surface area contributed by atoms with E-state index in [2.05, 4.69) is 25.5 Å². The van der Waals surface area contributed by atoms with Gasteiger partial charge in [-0.05, 0) is 26.2 Å². The van der Waals surface area contributed by atoms with Crippen molar-refractivity contribution < 1.29 is 13.5 Å². The molecule has 1 unspecified atom stereocenters. The lowest BCUT2D eigenvalue weighted by Crippen LogP contribution is -2.25. The third kappa shape index (κ3) is 3.90. The maximum Gasteiger partial charge on any atom is 0.296 e. The Labute approximate surface area is 155 Å². The Kier molecular flexibility index (Phi) is 4.73. The van der Waals surface area contributed by atoms with Gasteiger partial charge in [-0.25, -0.2) is 9.97 Å². The van der Waals surface area contributed by atoms with E-state index in [-0.39, 0.29) is 17.7 Å². The topological polar surface area (TPSA) is 75.7 Å². The Balaban J connectivity index is 1.33. The highest BCUT2D eigenvalue weighted by atomic mass is 19.3. The summed E-state index contributed by atoms with van der Waals surface area (Å²) in [6, 6.07) is 6.43. The number of hydrogen-bond donors (Lipinski definition) is 2. The standard InChI is InChI=1S/C19H21F2N5O/c1-12-2-4-13(5-3-12)19(20,21)10-27-15-7-6-14(8-15)25-17-16-9-24-26-18(16)23-11-22-17/h2-5,9,11,14-15H,6-8,10H2,1H3,(H2,22,23,24,25,26)/t14-,15?/m1/s1. The molecule has 1 fully saturated rings. The van der Waals surface area contributed by atoms with Crippen molar-refractivity contribution in [2.75, 3.05) is 11.9 Å². The molecule has 2 heterocycles. The van der Waals surface area contributed by atoms with Crippen molar-refractivity contribution in [3.63, 3.8) is 0 Å². The van der Waals surface area contributed by atoms with Gasteiger partial charge in [0.15, 0.2) is 5.65 Å². The summed E-state index contributed by atoms with van der Waals surface area (Å²) in [6.45, 7) is 1.27. The predicted molar refractivity (Wildman–Crippen MR) is 97.8 cm³/mol. The van der Waals surface area contributed by atoms with Crippen molar-refractivity contribution in [2.45, 2.75) is 44.3 Å². The number of H-pyrrole nitrogens is 1. The fourth-order valence-electron chi connectivity index (χ4n) is 3.40. The normalized spacial score (nSPS) is 20.3. The van der Waals surface area contributed by atoms with E-state index in [1.165, 1.54) is 18.5 Å². The minimum atomic E-state index is -2.99. The van der Waals surface area contributed by atoms with Gasteiger partial charge in [0.25, 0.3) is 5.92 Å². The molecule has 0 aliphatic heterocycles. The molecule has 1 aliphatic rings. The Morgan fingerprint density at radius 1 is 1.22 bits per heavy atom. The summed E-state index contributed by atoms with van der Waals surface area (Å²) in [4.78, 5) is 8.36. The number of aromatic nitrogens is 4. The Hall–Kier alpha value is -2.61. The van der Waals surface area contributed by atoms with Crippen LogP contribution in [-0.2, 0) is 10.7 Å². The van der Waals surface area contributed by atoms with Crippen molar-refractivity contribution in [2.24, 2.45) is 0 Å². The molecule has 6 nitrogen and oxygen atoms in total. The SMILES string of the molecule is Cc1ccc(C(F)(F)COC2CC[C@@H](Nc3ncnc4[nH]ncc34)C2)cc1. The van der Waals surface area contributed by atoms with E-state index in [0.29, 0.717) is 17.9 Å². The molecule has 27 heavy (non-hydrogen) atoms. The van der Waals surface area contributed by atoms with E-state index in [4.69, 9.17) is 4.74 Å². The number of halogens is 2. The van der Waals surface area contributed by atoms with Crippen molar-refractivity contribution in [3.05, 3.63) is 47.9 Å². The molecule has 0 bridgehead atoms. The number of ether oxygens (including phenoxy) is 1. The molecule has 0 spiro atoms. The highest BCUT2D eigenvalue weighted by Crippen LogP contribution is 2.32. The molecule has 1 aliphatic carbocycles. The number of benzene rings is 1. The molecule has 2 atom stereocenters. The summed E-state index contributed by atoms with van der Waals surface area (Å²) in [7, 11) is 0. The summed E-state index contributed by atoms with van der Waals surface area (Å²) in [5.74, 6) is -2.29. The van der Waals surface area contributed by atoms with E-state index in [9.17, 15) is 8.78 Å². The van der Waals surface area contributed by atoms with Crippen molar-refractivity contribution >= 4 is 16.9 Å². The average molecular weight is 373 g/mol. The molecule has 0 saturated heterocycles. The van der Waals surface area contributed by atoms with E-state index in [1.54, 1.807) is 18.3 Å². The van der Waals surface area contributed by atoms with E-state index in [0.717, 1.165) is 23.8 Å². The number of nitrogens with zero attached hydrogens (tertiary/aromatic N) is 3. The molecular formula is C19H21F2N5O.